The molecule has 0 saturated carbocycles. The van der Waals surface area contributed by atoms with E-state index >= 15 is 0 Å². The summed E-state index contributed by atoms with van der Waals surface area (Å²) < 4.78 is 14.2. The van der Waals surface area contributed by atoms with Crippen LogP contribution < -0.4 is 11.5 Å². The lowest BCUT2D eigenvalue weighted by molar-refractivity contribution is 0.620. The first kappa shape index (κ1) is 6.84. The van der Waals surface area contributed by atoms with Gasteiger partial charge in [-0.25, -0.2) is 4.98 Å². The molecule has 0 unspecified atom stereocenters. The summed E-state index contributed by atoms with van der Waals surface area (Å²) in [5.74, 6) is -1.06. The van der Waals surface area contributed by atoms with Crippen LogP contribution in [0.3, 0.4) is 0 Å². The monoisotopic (exact) mass is 167 g/mol. The Morgan fingerprint density at radius 2 is 2.17 bits per heavy atom. The highest BCUT2D eigenvalue weighted by Crippen LogP contribution is 2.15. The smallest absolute Gasteiger partial charge is 0.207 e. The van der Waals surface area contributed by atoms with Gasteiger partial charge in [-0.1, -0.05) is 0 Å². The van der Waals surface area contributed by atoms with Crippen molar-refractivity contribution in [1.29, 1.82) is 0 Å². The maximum Gasteiger partial charge on any atom is 0.207 e. The number of hydrogen-bond donors (Lipinski definition) is 2. The molecule has 4 N–H and O–H groups in total. The summed E-state index contributed by atoms with van der Waals surface area (Å²) in [7, 11) is 0. The van der Waals surface area contributed by atoms with Crippen LogP contribution in [0.1, 0.15) is 0 Å². The van der Waals surface area contributed by atoms with Gasteiger partial charge in [-0.3, -0.25) is 0 Å². The van der Waals surface area contributed by atoms with Gasteiger partial charge in [0.1, 0.15) is 0 Å². The lowest BCUT2D eigenvalue weighted by Crippen LogP contribution is -2.07. The number of anilines is 2. The fourth-order valence-electron chi connectivity index (χ4n) is 0.963. The van der Waals surface area contributed by atoms with E-state index < -0.39 is 5.82 Å². The third-order valence-corrected chi connectivity index (χ3v) is 1.54. The second-order valence-electron chi connectivity index (χ2n) is 2.30. The number of hydrogen-bond acceptors (Lipinski definition) is 4. The summed E-state index contributed by atoms with van der Waals surface area (Å²) in [4.78, 5) is 3.72. The van der Waals surface area contributed by atoms with Crippen molar-refractivity contribution in [1.82, 2.24) is 14.6 Å². The molecule has 0 aliphatic rings. The van der Waals surface area contributed by atoms with Crippen LogP contribution >= 0.6 is 0 Å². The standard InChI is InChI=1S/C6H6FN5/c7-4-5(8)11-3-1-2-10-12(3)6(4)9/h1-2H,9H2,(H2,8,11). The molecule has 6 heteroatoms. The minimum Gasteiger partial charge on any atom is -0.381 e. The van der Waals surface area contributed by atoms with Gasteiger partial charge in [0, 0.05) is 6.07 Å². The zero-order chi connectivity index (χ0) is 8.72. The minimum absolute atomic E-state index is 0.123. The normalized spacial score (nSPS) is 10.8. The molecule has 0 aromatic carbocycles. The molecule has 0 aliphatic heterocycles. The van der Waals surface area contributed by atoms with Crippen molar-refractivity contribution in [2.24, 2.45) is 0 Å². The molecule has 2 heterocycles. The van der Waals surface area contributed by atoms with E-state index in [1.807, 2.05) is 0 Å². The number of nitrogens with zero attached hydrogens (tertiary/aromatic N) is 3. The highest BCUT2D eigenvalue weighted by molar-refractivity contribution is 5.54. The van der Waals surface area contributed by atoms with Gasteiger partial charge in [0.15, 0.2) is 17.3 Å². The van der Waals surface area contributed by atoms with E-state index in [2.05, 4.69) is 10.1 Å². The van der Waals surface area contributed by atoms with Crippen LogP contribution in [-0.4, -0.2) is 14.6 Å². The van der Waals surface area contributed by atoms with Crippen LogP contribution in [0.15, 0.2) is 12.3 Å². The van der Waals surface area contributed by atoms with Crippen molar-refractivity contribution in [3.8, 4) is 0 Å². The molecule has 12 heavy (non-hydrogen) atoms. The van der Waals surface area contributed by atoms with E-state index in [1.165, 1.54) is 10.7 Å². The Morgan fingerprint density at radius 3 is 2.92 bits per heavy atom. The van der Waals surface area contributed by atoms with Crippen molar-refractivity contribution in [2.45, 2.75) is 0 Å². The molecule has 0 amide bonds. The molecule has 0 radical (unpaired) electrons. The summed E-state index contributed by atoms with van der Waals surface area (Å²) in [6, 6.07) is 1.59. The summed E-state index contributed by atoms with van der Waals surface area (Å²) in [6.45, 7) is 0. The van der Waals surface area contributed by atoms with Gasteiger partial charge in [-0.05, 0) is 0 Å². The summed E-state index contributed by atoms with van der Waals surface area (Å²) >= 11 is 0. The minimum atomic E-state index is -0.730. The molecular weight excluding hydrogens is 161 g/mol. The molecule has 0 atom stereocenters. The number of fused-ring (bicyclic) bond motifs is 1. The fourth-order valence-corrected chi connectivity index (χ4v) is 0.963. The van der Waals surface area contributed by atoms with E-state index in [-0.39, 0.29) is 11.6 Å². The molecule has 62 valence electrons. The first-order valence-corrected chi connectivity index (χ1v) is 3.24. The van der Waals surface area contributed by atoms with Crippen LogP contribution in [0.5, 0.6) is 0 Å². The average molecular weight is 167 g/mol. The molecule has 0 spiro atoms. The third kappa shape index (κ3) is 0.714. The SMILES string of the molecule is Nc1nc2ccnn2c(N)c1F. The molecule has 0 aliphatic carbocycles. The number of aromatic nitrogens is 3. The molecule has 5 nitrogen and oxygen atoms in total. The van der Waals surface area contributed by atoms with Crippen LogP contribution in [0, 0.1) is 5.82 Å². The Hall–Kier alpha value is -1.85. The number of nitrogen functional groups attached to an aromatic ring is 2. The van der Waals surface area contributed by atoms with Crippen molar-refractivity contribution < 1.29 is 4.39 Å². The summed E-state index contributed by atoms with van der Waals surface area (Å²) in [5, 5.41) is 3.75. The second kappa shape index (κ2) is 2.07. The Labute approximate surface area is 66.8 Å². The number of halogens is 1. The van der Waals surface area contributed by atoms with Gasteiger partial charge >= 0.3 is 0 Å². The van der Waals surface area contributed by atoms with Gasteiger partial charge in [0.25, 0.3) is 0 Å². The largest absolute Gasteiger partial charge is 0.381 e. The molecule has 0 saturated heterocycles. The van der Waals surface area contributed by atoms with Crippen molar-refractivity contribution >= 4 is 17.3 Å². The van der Waals surface area contributed by atoms with Crippen molar-refractivity contribution in [3.63, 3.8) is 0 Å². The second-order valence-corrected chi connectivity index (χ2v) is 2.30. The predicted octanol–water partition coefficient (Wildman–Crippen LogP) is 0.0328. The molecule has 0 fully saturated rings. The maximum absolute atomic E-state index is 13.0. The van der Waals surface area contributed by atoms with Gasteiger partial charge in [-0.15, -0.1) is 0 Å². The maximum atomic E-state index is 13.0. The molecule has 2 aromatic heterocycles. The summed E-state index contributed by atoms with van der Waals surface area (Å²) in [5.41, 5.74) is 11.0. The highest BCUT2D eigenvalue weighted by Gasteiger charge is 2.09. The molecular formula is C6H6FN5. The topological polar surface area (TPSA) is 82.2 Å². The number of rotatable bonds is 0. The van der Waals surface area contributed by atoms with Gasteiger partial charge in [-0.2, -0.15) is 14.0 Å². The van der Waals surface area contributed by atoms with Crippen LogP contribution in [0.2, 0.25) is 0 Å². The zero-order valence-electron chi connectivity index (χ0n) is 6.03. The van der Waals surface area contributed by atoms with Gasteiger partial charge in [0.2, 0.25) is 5.82 Å². The zero-order valence-corrected chi connectivity index (χ0v) is 6.03. The lowest BCUT2D eigenvalue weighted by atomic mass is 10.5. The van der Waals surface area contributed by atoms with E-state index in [0.29, 0.717) is 5.65 Å². The van der Waals surface area contributed by atoms with E-state index in [4.69, 9.17) is 11.5 Å². The third-order valence-electron chi connectivity index (χ3n) is 1.54. The average Bonchev–Trinajstić information content (AvgIpc) is 2.48. The molecule has 2 rings (SSSR count). The van der Waals surface area contributed by atoms with Gasteiger partial charge in [0.05, 0.1) is 6.20 Å². The fraction of sp³-hybridized carbons (Fsp3) is 0. The molecule has 2 aromatic rings. The predicted molar refractivity (Wildman–Crippen MR) is 41.8 cm³/mol. The summed E-state index contributed by atoms with van der Waals surface area (Å²) in [6.07, 6.45) is 1.47. The first-order valence-electron chi connectivity index (χ1n) is 3.24. The quantitative estimate of drug-likeness (QED) is 0.580. The first-order chi connectivity index (χ1) is 5.70. The highest BCUT2D eigenvalue weighted by atomic mass is 19.1. The Bertz CT molecular complexity index is 435. The number of nitrogens with two attached hydrogens (primary N) is 2. The lowest BCUT2D eigenvalue weighted by Gasteiger charge is -2.01. The molecule has 0 bridgehead atoms. The van der Waals surface area contributed by atoms with Crippen LogP contribution in [0.25, 0.3) is 5.65 Å². The Balaban J connectivity index is 2.94. The van der Waals surface area contributed by atoms with Gasteiger partial charge < -0.3 is 11.5 Å². The van der Waals surface area contributed by atoms with Crippen molar-refractivity contribution in [3.05, 3.63) is 18.1 Å². The van der Waals surface area contributed by atoms with Crippen LogP contribution in [0.4, 0.5) is 16.0 Å². The Kier molecular flexibility index (Phi) is 1.18. The van der Waals surface area contributed by atoms with Crippen molar-refractivity contribution in [2.75, 3.05) is 11.5 Å². The Morgan fingerprint density at radius 1 is 1.42 bits per heavy atom. The van der Waals surface area contributed by atoms with E-state index in [1.54, 1.807) is 6.07 Å². The van der Waals surface area contributed by atoms with Crippen LogP contribution in [-0.2, 0) is 0 Å². The van der Waals surface area contributed by atoms with E-state index in [0.717, 1.165) is 0 Å². The van der Waals surface area contributed by atoms with E-state index in [9.17, 15) is 4.39 Å².